The molecule has 0 bridgehead atoms. The number of methoxy groups -OCH3 is 1. The smallest absolute Gasteiger partial charge is 0.311 e. The summed E-state index contributed by atoms with van der Waals surface area (Å²) in [5.74, 6) is -1.17. The third kappa shape index (κ3) is 6.30. The largest absolute Gasteiger partial charge is 0.481 e. The van der Waals surface area contributed by atoms with Gasteiger partial charge in [0.05, 0.1) is 43.9 Å². The summed E-state index contributed by atoms with van der Waals surface area (Å²) in [5, 5.41) is 84.8. The van der Waals surface area contributed by atoms with Crippen molar-refractivity contribution in [2.45, 2.75) is 160 Å². The van der Waals surface area contributed by atoms with E-state index >= 15 is 0 Å². The molecule has 0 spiro atoms. The maximum absolute atomic E-state index is 13.2. The molecule has 0 aromatic rings. The van der Waals surface area contributed by atoms with E-state index in [0.717, 1.165) is 32.1 Å². The first-order valence-corrected chi connectivity index (χ1v) is 20.9. The number of hydrogen-bond acceptors (Lipinski definition) is 14. The van der Waals surface area contributed by atoms with Crippen LogP contribution in [-0.4, -0.2) is 141 Å². The van der Waals surface area contributed by atoms with Crippen LogP contribution in [0.15, 0.2) is 11.6 Å². The Kier molecular flexibility index (Phi) is 11.4. The summed E-state index contributed by atoms with van der Waals surface area (Å²) in [4.78, 5) is 26.3. The molecule has 8 N–H and O–H groups in total. The van der Waals surface area contributed by atoms with Crippen molar-refractivity contribution >= 4 is 11.9 Å². The monoisotopic (exact) mass is 810 g/mol. The molecule has 19 atom stereocenters. The first kappa shape index (κ1) is 43.3. The van der Waals surface area contributed by atoms with E-state index < -0.39 is 90.2 Å². The molecule has 0 aromatic carbocycles. The van der Waals surface area contributed by atoms with Crippen LogP contribution in [0, 0.1) is 50.2 Å². The average molecular weight is 811 g/mol. The fourth-order valence-electron chi connectivity index (χ4n) is 13.6. The predicted octanol–water partition coefficient (Wildman–Crippen LogP) is 1.65. The zero-order valence-corrected chi connectivity index (χ0v) is 34.2. The molecule has 0 radical (unpaired) electrons. The van der Waals surface area contributed by atoms with Crippen LogP contribution in [0.4, 0.5) is 0 Å². The number of hydrogen-bond donors (Lipinski definition) is 8. The van der Waals surface area contributed by atoms with Gasteiger partial charge in [0.25, 0.3) is 0 Å². The lowest BCUT2D eigenvalue weighted by molar-refractivity contribution is -0.368. The van der Waals surface area contributed by atoms with Crippen molar-refractivity contribution in [3.63, 3.8) is 0 Å². The maximum Gasteiger partial charge on any atom is 0.311 e. The average Bonchev–Trinajstić information content (AvgIpc) is 3.18. The number of allylic oxidation sites excluding steroid dienone is 2. The summed E-state index contributed by atoms with van der Waals surface area (Å²) in [6, 6.07) is 0. The molecule has 324 valence electrons. The number of carboxylic acids is 1. The molecule has 15 nitrogen and oxygen atoms in total. The van der Waals surface area contributed by atoms with Crippen molar-refractivity contribution < 1.29 is 74.1 Å². The van der Waals surface area contributed by atoms with Gasteiger partial charge in [-0.05, 0) is 105 Å². The van der Waals surface area contributed by atoms with Gasteiger partial charge in [-0.1, -0.05) is 39.3 Å². The van der Waals surface area contributed by atoms with Crippen LogP contribution >= 0.6 is 0 Å². The van der Waals surface area contributed by atoms with Gasteiger partial charge in [-0.25, -0.2) is 0 Å². The molecule has 2 saturated heterocycles. The summed E-state index contributed by atoms with van der Waals surface area (Å²) in [6.07, 6.45) is -5.58. The van der Waals surface area contributed by atoms with E-state index in [2.05, 4.69) is 26.8 Å². The van der Waals surface area contributed by atoms with Crippen LogP contribution in [0.3, 0.4) is 0 Å². The normalized spacial score (nSPS) is 53.6. The van der Waals surface area contributed by atoms with Crippen LogP contribution in [0.2, 0.25) is 0 Å². The van der Waals surface area contributed by atoms with Crippen LogP contribution in [-0.2, 0) is 33.3 Å². The van der Waals surface area contributed by atoms with Gasteiger partial charge in [0.2, 0.25) is 0 Å². The first-order valence-electron chi connectivity index (χ1n) is 20.9. The quantitative estimate of drug-likeness (QED) is 0.0988. The van der Waals surface area contributed by atoms with Gasteiger partial charge in [0.1, 0.15) is 42.7 Å². The van der Waals surface area contributed by atoms with E-state index in [1.165, 1.54) is 12.7 Å². The number of aliphatic hydroxyl groups excluding tert-OH is 7. The number of ether oxygens (including phenoxy) is 5. The highest BCUT2D eigenvalue weighted by atomic mass is 16.8. The van der Waals surface area contributed by atoms with Gasteiger partial charge < -0.3 is 64.5 Å². The minimum Gasteiger partial charge on any atom is -0.481 e. The van der Waals surface area contributed by atoms with Gasteiger partial charge in [-0.3, -0.25) is 9.59 Å². The highest BCUT2D eigenvalue weighted by Crippen LogP contribution is 2.76. The number of carbonyl (C=O) groups is 2. The van der Waals surface area contributed by atoms with Crippen molar-refractivity contribution in [1.82, 2.24) is 0 Å². The molecular formula is C42H66O15. The molecule has 0 aromatic heterocycles. The third-order valence-corrected chi connectivity index (χ3v) is 17.5. The zero-order chi connectivity index (χ0) is 41.7. The van der Waals surface area contributed by atoms with Crippen molar-refractivity contribution in [2.24, 2.45) is 50.2 Å². The Bertz CT molecular complexity index is 1570. The zero-order valence-electron chi connectivity index (χ0n) is 34.2. The Morgan fingerprint density at radius 3 is 2.18 bits per heavy atom. The molecule has 57 heavy (non-hydrogen) atoms. The Labute approximate surface area is 334 Å². The standard InChI is InChI=1S/C42H66O15/c1-37(36(52)53-6)13-15-42(35(50)51)16-14-40(4)21(22(42)17-37)7-8-26-38(2)11-10-27(39(3,20-44)25(38)9-12-41(26,40)5)56-34-32(28(46)23(45)19-54-34)57-33-31(49)30(48)29(47)24(18-43)55-33/h7,22-34,43-49H,8-20H2,1-6H3,(H,50,51). The highest BCUT2D eigenvalue weighted by molar-refractivity contribution is 5.80. The number of fused-ring (bicyclic) bond motifs is 7. The molecule has 19 unspecified atom stereocenters. The summed E-state index contributed by atoms with van der Waals surface area (Å²) < 4.78 is 29.3. The lowest BCUT2D eigenvalue weighted by atomic mass is 9.33. The summed E-state index contributed by atoms with van der Waals surface area (Å²) in [7, 11) is 1.40. The van der Waals surface area contributed by atoms with Crippen molar-refractivity contribution in [2.75, 3.05) is 26.9 Å². The van der Waals surface area contributed by atoms with Crippen molar-refractivity contribution in [3.8, 4) is 0 Å². The molecule has 5 aliphatic carbocycles. The Hall–Kier alpha value is -1.76. The second-order valence-electron chi connectivity index (χ2n) is 19.9. The molecule has 15 heteroatoms. The fraction of sp³-hybridized carbons (Fsp3) is 0.905. The number of esters is 1. The minimum absolute atomic E-state index is 0.00621. The van der Waals surface area contributed by atoms with E-state index in [-0.39, 0.29) is 53.2 Å². The molecule has 2 heterocycles. The van der Waals surface area contributed by atoms with Crippen LogP contribution < -0.4 is 0 Å². The van der Waals surface area contributed by atoms with E-state index in [1.54, 1.807) is 0 Å². The summed E-state index contributed by atoms with van der Waals surface area (Å²) in [6.45, 7) is 9.80. The van der Waals surface area contributed by atoms with Crippen LogP contribution in [0.25, 0.3) is 0 Å². The van der Waals surface area contributed by atoms with E-state index in [9.17, 15) is 50.4 Å². The van der Waals surface area contributed by atoms with Crippen LogP contribution in [0.1, 0.15) is 98.8 Å². The van der Waals surface area contributed by atoms with E-state index in [1.807, 2.05) is 13.8 Å². The Morgan fingerprint density at radius 1 is 0.825 bits per heavy atom. The van der Waals surface area contributed by atoms with Crippen molar-refractivity contribution in [1.29, 1.82) is 0 Å². The highest BCUT2D eigenvalue weighted by Gasteiger charge is 2.70. The van der Waals surface area contributed by atoms with Gasteiger partial charge in [-0.2, -0.15) is 0 Å². The van der Waals surface area contributed by atoms with Crippen LogP contribution in [0.5, 0.6) is 0 Å². The summed E-state index contributed by atoms with van der Waals surface area (Å²) in [5.41, 5.74) is -2.07. The Balaban J connectivity index is 1.16. The number of aliphatic hydroxyl groups is 7. The van der Waals surface area contributed by atoms with Gasteiger partial charge in [0.15, 0.2) is 12.6 Å². The molecular weight excluding hydrogens is 744 g/mol. The number of carboxylic acid groups (broad SMARTS) is 1. The molecule has 6 fully saturated rings. The second kappa shape index (κ2) is 15.0. The number of carbonyl (C=O) groups excluding carboxylic acids is 1. The molecule has 0 amide bonds. The molecule has 7 aliphatic rings. The van der Waals surface area contributed by atoms with Crippen molar-refractivity contribution in [3.05, 3.63) is 11.6 Å². The van der Waals surface area contributed by atoms with E-state index in [0.29, 0.717) is 32.1 Å². The topological polar surface area (TPSA) is 242 Å². The van der Waals surface area contributed by atoms with Gasteiger partial charge in [-0.15, -0.1) is 0 Å². The fourth-order valence-corrected chi connectivity index (χ4v) is 13.6. The molecule has 2 aliphatic heterocycles. The van der Waals surface area contributed by atoms with E-state index in [4.69, 9.17) is 23.7 Å². The van der Waals surface area contributed by atoms with Gasteiger partial charge >= 0.3 is 11.9 Å². The SMILES string of the molecule is COC(=O)C1(C)CCC2(C(=O)O)CCC3(C)C(=CCC4C5(C)CCC(OC6OCC(O)C(O)C6OC6OC(CO)C(O)C(O)C6O)C(C)(CO)C5CCC43C)C2C1. The number of rotatable bonds is 8. The lowest BCUT2D eigenvalue weighted by Crippen LogP contribution is -2.67. The maximum atomic E-state index is 13.2. The lowest BCUT2D eigenvalue weighted by Gasteiger charge is -2.71. The minimum atomic E-state index is -1.75. The molecule has 4 saturated carbocycles. The van der Waals surface area contributed by atoms with Gasteiger partial charge in [0, 0.05) is 5.41 Å². The second-order valence-corrected chi connectivity index (χ2v) is 19.9. The molecule has 7 rings (SSSR count). The predicted molar refractivity (Wildman–Crippen MR) is 200 cm³/mol. The Morgan fingerprint density at radius 2 is 1.53 bits per heavy atom. The third-order valence-electron chi connectivity index (χ3n) is 17.5. The first-order chi connectivity index (χ1) is 26.7. The number of aliphatic carboxylic acids is 1. The summed E-state index contributed by atoms with van der Waals surface area (Å²) >= 11 is 0.